The van der Waals surface area contributed by atoms with Gasteiger partial charge in [-0.1, -0.05) is 34.1 Å². The Hall–Kier alpha value is 0.314. The number of nitrogens with zero attached hydrogens (tertiary/aromatic N) is 1. The third-order valence-electron chi connectivity index (χ3n) is 5.24. The van der Waals surface area contributed by atoms with Crippen molar-refractivity contribution < 1.29 is 8.85 Å². The third kappa shape index (κ3) is 6.83. The van der Waals surface area contributed by atoms with Crippen LogP contribution in [0.4, 0.5) is 0 Å². The Bertz CT molecular complexity index is 259. The Balaban J connectivity index is 4.41. The van der Waals surface area contributed by atoms with Crippen LogP contribution in [-0.2, 0) is 8.85 Å². The molecule has 0 aliphatic carbocycles. The van der Waals surface area contributed by atoms with Crippen molar-refractivity contribution in [3.05, 3.63) is 0 Å². The molecule has 0 rings (SSSR count). The molecule has 0 amide bonds. The van der Waals surface area contributed by atoms with Crippen molar-refractivity contribution in [3.8, 4) is 0 Å². The summed E-state index contributed by atoms with van der Waals surface area (Å²) in [5.41, 5.74) is 0. The van der Waals surface area contributed by atoms with Gasteiger partial charge >= 0.3 is 8.56 Å². The highest BCUT2D eigenvalue weighted by atomic mass is 28.4. The zero-order chi connectivity index (χ0) is 17.1. The van der Waals surface area contributed by atoms with Gasteiger partial charge in [0.15, 0.2) is 0 Å². The van der Waals surface area contributed by atoms with E-state index in [2.05, 4.69) is 52.7 Å². The molecule has 0 atom stereocenters. The van der Waals surface area contributed by atoms with Crippen LogP contribution >= 0.6 is 0 Å². The van der Waals surface area contributed by atoms with Crippen molar-refractivity contribution >= 4 is 16.8 Å². The molecule has 0 aromatic carbocycles. The van der Waals surface area contributed by atoms with Crippen LogP contribution in [0.15, 0.2) is 0 Å². The largest absolute Gasteiger partial charge is 0.395 e. The van der Waals surface area contributed by atoms with Gasteiger partial charge < -0.3 is 13.4 Å². The van der Waals surface area contributed by atoms with Gasteiger partial charge in [0.2, 0.25) is 0 Å². The van der Waals surface area contributed by atoms with Crippen LogP contribution < -0.4 is 0 Å². The quantitative estimate of drug-likeness (QED) is 0.317. The molecular weight excluding hydrogens is 306 g/mol. The van der Waals surface area contributed by atoms with Gasteiger partial charge in [0.05, 0.1) is 0 Å². The van der Waals surface area contributed by atoms with Gasteiger partial charge in [-0.15, -0.1) is 0 Å². The molecule has 0 aliphatic rings. The first kappa shape index (κ1) is 22.3. The summed E-state index contributed by atoms with van der Waals surface area (Å²) in [6.07, 6.45) is 2.52. The highest BCUT2D eigenvalue weighted by Crippen LogP contribution is 2.26. The molecule has 0 heterocycles. The Morgan fingerprint density at radius 3 is 1.64 bits per heavy atom. The van der Waals surface area contributed by atoms with E-state index in [1.54, 1.807) is 0 Å². The monoisotopic (exact) mass is 347 g/mol. The van der Waals surface area contributed by atoms with E-state index in [4.69, 9.17) is 8.85 Å². The minimum Gasteiger partial charge on any atom is -0.395 e. The van der Waals surface area contributed by atoms with Crippen molar-refractivity contribution in [2.75, 3.05) is 26.3 Å². The zero-order valence-electron chi connectivity index (χ0n) is 16.3. The second kappa shape index (κ2) is 11.8. The molecule has 5 heteroatoms. The Labute approximate surface area is 142 Å². The average Bonchev–Trinajstić information content (AvgIpc) is 2.51. The van der Waals surface area contributed by atoms with Crippen LogP contribution in [0.3, 0.4) is 0 Å². The van der Waals surface area contributed by atoms with Crippen LogP contribution in [0.2, 0.25) is 30.7 Å². The number of hydrogen-bond donors (Lipinski definition) is 0. The maximum absolute atomic E-state index is 5.95. The van der Waals surface area contributed by atoms with Gasteiger partial charge in [0.25, 0.3) is 0 Å². The van der Waals surface area contributed by atoms with E-state index in [0.29, 0.717) is 0 Å². The van der Waals surface area contributed by atoms with E-state index in [1.807, 2.05) is 0 Å². The van der Waals surface area contributed by atoms with Gasteiger partial charge in [-0.25, -0.2) is 0 Å². The molecule has 0 saturated carbocycles. The molecule has 0 aromatic rings. The molecule has 0 spiro atoms. The summed E-state index contributed by atoms with van der Waals surface area (Å²) >= 11 is 0. The van der Waals surface area contributed by atoms with Crippen LogP contribution in [0.5, 0.6) is 0 Å². The third-order valence-corrected chi connectivity index (χ3v) is 14.1. The second-order valence-electron chi connectivity index (χ2n) is 6.32. The molecular formula is C17H41NO2Si2. The number of rotatable bonds is 14. The average molecular weight is 348 g/mol. The molecule has 0 aliphatic heterocycles. The molecule has 3 nitrogen and oxygen atoms in total. The fourth-order valence-electron chi connectivity index (χ4n) is 3.70. The van der Waals surface area contributed by atoms with E-state index < -0.39 is 16.8 Å². The standard InChI is InChI=1S/C17H41NO2Si2/c1-8-18(22(11-4,12-5)13-6)16-14-15-17-21(7,19-9-2)20-10-3/h8-17H2,1-7H3. The van der Waals surface area contributed by atoms with Crippen molar-refractivity contribution in [1.82, 2.24) is 4.57 Å². The first-order valence-corrected chi connectivity index (χ1v) is 14.6. The van der Waals surface area contributed by atoms with Crippen molar-refractivity contribution in [3.63, 3.8) is 0 Å². The molecule has 0 unspecified atom stereocenters. The fourth-order valence-corrected chi connectivity index (χ4v) is 10.3. The lowest BCUT2D eigenvalue weighted by molar-refractivity contribution is 0.188. The summed E-state index contributed by atoms with van der Waals surface area (Å²) in [4.78, 5) is 0. The Morgan fingerprint density at radius 1 is 0.773 bits per heavy atom. The lowest BCUT2D eigenvalue weighted by Gasteiger charge is -2.40. The maximum atomic E-state index is 5.95. The molecule has 0 fully saturated rings. The van der Waals surface area contributed by atoms with Crippen LogP contribution in [0.1, 0.15) is 54.4 Å². The van der Waals surface area contributed by atoms with Crippen molar-refractivity contribution in [2.24, 2.45) is 0 Å². The van der Waals surface area contributed by atoms with Crippen molar-refractivity contribution in [2.45, 2.75) is 85.1 Å². The topological polar surface area (TPSA) is 21.7 Å². The summed E-state index contributed by atoms with van der Waals surface area (Å²) in [7, 11) is -3.10. The van der Waals surface area contributed by atoms with Gasteiger partial charge in [-0.2, -0.15) is 0 Å². The molecule has 0 N–H and O–H groups in total. The molecule has 0 radical (unpaired) electrons. The molecule has 0 aromatic heterocycles. The highest BCUT2D eigenvalue weighted by Gasteiger charge is 2.34. The molecule has 0 bridgehead atoms. The number of hydrogen-bond acceptors (Lipinski definition) is 3. The zero-order valence-corrected chi connectivity index (χ0v) is 18.3. The van der Waals surface area contributed by atoms with Crippen LogP contribution in [0, 0.1) is 0 Å². The lowest BCUT2D eigenvalue weighted by atomic mass is 10.3. The smallest absolute Gasteiger partial charge is 0.334 e. The summed E-state index contributed by atoms with van der Waals surface area (Å²) in [6, 6.07) is 5.29. The van der Waals surface area contributed by atoms with Gasteiger partial charge in [0.1, 0.15) is 8.24 Å². The summed E-state index contributed by atoms with van der Waals surface area (Å²) < 4.78 is 14.7. The summed E-state index contributed by atoms with van der Waals surface area (Å²) in [5, 5.41) is 0. The van der Waals surface area contributed by atoms with Crippen LogP contribution in [0.25, 0.3) is 0 Å². The van der Waals surface area contributed by atoms with E-state index in [-0.39, 0.29) is 0 Å². The molecule has 22 heavy (non-hydrogen) atoms. The minimum atomic E-state index is -1.91. The van der Waals surface area contributed by atoms with E-state index in [0.717, 1.165) is 19.3 Å². The summed E-state index contributed by atoms with van der Waals surface area (Å²) in [5.74, 6) is 0. The molecule has 0 saturated heterocycles. The molecule has 134 valence electrons. The van der Waals surface area contributed by atoms with E-state index in [1.165, 1.54) is 44.1 Å². The number of unbranched alkanes of at least 4 members (excludes halogenated alkanes) is 1. The summed E-state index contributed by atoms with van der Waals surface area (Å²) in [6.45, 7) is 19.9. The predicted molar refractivity (Wildman–Crippen MR) is 103 cm³/mol. The van der Waals surface area contributed by atoms with Gasteiger partial charge in [0, 0.05) is 13.2 Å². The Kier molecular flexibility index (Phi) is 12.0. The van der Waals surface area contributed by atoms with Crippen LogP contribution in [-0.4, -0.2) is 47.7 Å². The normalized spacial score (nSPS) is 13.1. The Morgan fingerprint density at radius 2 is 1.27 bits per heavy atom. The van der Waals surface area contributed by atoms with E-state index in [9.17, 15) is 0 Å². The van der Waals surface area contributed by atoms with Crippen molar-refractivity contribution in [1.29, 1.82) is 0 Å². The van der Waals surface area contributed by atoms with Gasteiger partial charge in [-0.3, -0.25) is 0 Å². The second-order valence-corrected chi connectivity index (χ2v) is 14.9. The predicted octanol–water partition coefficient (Wildman–Crippen LogP) is 5.24. The maximum Gasteiger partial charge on any atom is 0.334 e. The highest BCUT2D eigenvalue weighted by molar-refractivity contribution is 6.77. The first-order valence-electron chi connectivity index (χ1n) is 9.50. The fraction of sp³-hybridized carbons (Fsp3) is 1.00. The minimum absolute atomic E-state index is 0.779. The van der Waals surface area contributed by atoms with E-state index >= 15 is 0 Å². The SMILES string of the molecule is CCO[Si](C)(CCCCN(CC)[Si](CC)(CC)CC)OCC. The van der Waals surface area contributed by atoms with Gasteiger partial charge in [-0.05, 0) is 64.1 Å². The first-order chi connectivity index (χ1) is 10.5. The lowest BCUT2D eigenvalue weighted by Crippen LogP contribution is -2.52.